The number of nitrogens with zero attached hydrogens (tertiary/aromatic N) is 3. The Kier molecular flexibility index (Phi) is 2.28. The molecular formula is C11H14ClN3. The van der Waals surface area contributed by atoms with Crippen molar-refractivity contribution in [1.29, 1.82) is 0 Å². The molecule has 0 aromatic carbocycles. The van der Waals surface area contributed by atoms with Gasteiger partial charge in [-0.2, -0.15) is 0 Å². The molecule has 1 saturated heterocycles. The first-order chi connectivity index (χ1) is 7.34. The van der Waals surface area contributed by atoms with E-state index < -0.39 is 0 Å². The lowest BCUT2D eigenvalue weighted by atomic mass is 10.3. The Bertz CT molecular complexity index is 386. The van der Waals surface area contributed by atoms with Crippen molar-refractivity contribution >= 4 is 17.5 Å². The van der Waals surface area contributed by atoms with Crippen molar-refractivity contribution in [3.05, 3.63) is 16.4 Å². The van der Waals surface area contributed by atoms with E-state index in [9.17, 15) is 0 Å². The normalized spacial score (nSPS) is 19.7. The number of aromatic nitrogens is 2. The van der Waals surface area contributed by atoms with Crippen molar-refractivity contribution in [3.63, 3.8) is 0 Å². The van der Waals surface area contributed by atoms with E-state index in [2.05, 4.69) is 14.9 Å². The van der Waals surface area contributed by atoms with E-state index in [0.717, 1.165) is 31.9 Å². The molecule has 0 radical (unpaired) electrons. The van der Waals surface area contributed by atoms with E-state index in [0.29, 0.717) is 5.15 Å². The minimum Gasteiger partial charge on any atom is -0.341 e. The van der Waals surface area contributed by atoms with Crippen molar-refractivity contribution in [3.8, 4) is 0 Å². The fraction of sp³-hybridized carbons (Fsp3) is 0.636. The number of rotatable bonds is 1. The number of anilines is 1. The Labute approximate surface area is 94.5 Å². The molecular weight excluding hydrogens is 210 g/mol. The molecule has 0 atom stereocenters. The Morgan fingerprint density at radius 3 is 2.60 bits per heavy atom. The van der Waals surface area contributed by atoms with Gasteiger partial charge in [-0.25, -0.2) is 9.97 Å². The Morgan fingerprint density at radius 1 is 1.00 bits per heavy atom. The van der Waals surface area contributed by atoms with Gasteiger partial charge in [0.15, 0.2) is 0 Å². The van der Waals surface area contributed by atoms with Gasteiger partial charge in [-0.05, 0) is 32.1 Å². The lowest BCUT2D eigenvalue weighted by Gasteiger charge is -2.16. The maximum absolute atomic E-state index is 6.18. The first-order valence-electron chi connectivity index (χ1n) is 5.65. The number of hydrogen-bond acceptors (Lipinski definition) is 3. The van der Waals surface area contributed by atoms with E-state index in [1.54, 1.807) is 0 Å². The predicted octanol–water partition coefficient (Wildman–Crippen LogP) is 2.22. The van der Waals surface area contributed by atoms with Crippen molar-refractivity contribution in [2.24, 2.45) is 0 Å². The van der Waals surface area contributed by atoms with Crippen LogP contribution in [-0.2, 0) is 12.8 Å². The van der Waals surface area contributed by atoms with Crippen LogP contribution >= 0.6 is 11.6 Å². The van der Waals surface area contributed by atoms with Crippen LogP contribution in [0.1, 0.15) is 30.5 Å². The largest absolute Gasteiger partial charge is 0.341 e. The average Bonchev–Trinajstić information content (AvgIpc) is 2.88. The van der Waals surface area contributed by atoms with Crippen LogP contribution < -0.4 is 4.90 Å². The number of aryl methyl sites for hydroxylation is 1. The Hall–Kier alpha value is -0.830. The molecule has 15 heavy (non-hydrogen) atoms. The van der Waals surface area contributed by atoms with E-state index in [-0.39, 0.29) is 0 Å². The molecule has 2 aliphatic rings. The molecule has 1 aliphatic carbocycles. The fourth-order valence-electron chi connectivity index (χ4n) is 2.43. The molecule has 0 amide bonds. The zero-order valence-corrected chi connectivity index (χ0v) is 9.43. The van der Waals surface area contributed by atoms with Gasteiger partial charge in [-0.1, -0.05) is 11.6 Å². The second-order valence-corrected chi connectivity index (χ2v) is 4.65. The molecule has 0 saturated carbocycles. The molecule has 0 N–H and O–H groups in total. The van der Waals surface area contributed by atoms with E-state index >= 15 is 0 Å². The predicted molar refractivity (Wildman–Crippen MR) is 60.5 cm³/mol. The second-order valence-electron chi connectivity index (χ2n) is 4.29. The highest BCUT2D eigenvalue weighted by atomic mass is 35.5. The Morgan fingerprint density at radius 2 is 1.80 bits per heavy atom. The zero-order chi connectivity index (χ0) is 10.3. The highest BCUT2D eigenvalue weighted by Crippen LogP contribution is 2.28. The van der Waals surface area contributed by atoms with E-state index in [4.69, 9.17) is 11.6 Å². The summed E-state index contributed by atoms with van der Waals surface area (Å²) in [4.78, 5) is 11.3. The summed E-state index contributed by atoms with van der Waals surface area (Å²) in [6.07, 6.45) is 5.79. The van der Waals surface area contributed by atoms with Crippen LogP contribution in [0.5, 0.6) is 0 Å². The standard InChI is InChI=1S/C11H14ClN3/c12-10-8-4-3-5-9(8)13-11(14-10)15-6-1-2-7-15/h1-7H2. The fourth-order valence-corrected chi connectivity index (χ4v) is 2.71. The average molecular weight is 224 g/mol. The summed E-state index contributed by atoms with van der Waals surface area (Å²) < 4.78 is 0. The molecule has 4 heteroatoms. The third-order valence-electron chi connectivity index (χ3n) is 3.26. The Balaban J connectivity index is 1.99. The van der Waals surface area contributed by atoms with Crippen LogP contribution in [-0.4, -0.2) is 23.1 Å². The van der Waals surface area contributed by atoms with Crippen LogP contribution in [0.2, 0.25) is 5.15 Å². The highest BCUT2D eigenvalue weighted by molar-refractivity contribution is 6.30. The summed E-state index contributed by atoms with van der Waals surface area (Å²) >= 11 is 6.18. The third kappa shape index (κ3) is 1.59. The van der Waals surface area contributed by atoms with Crippen LogP contribution in [0.25, 0.3) is 0 Å². The maximum Gasteiger partial charge on any atom is 0.227 e. The number of fused-ring (bicyclic) bond motifs is 1. The van der Waals surface area contributed by atoms with Crippen LogP contribution in [0.15, 0.2) is 0 Å². The van der Waals surface area contributed by atoms with Gasteiger partial charge in [0, 0.05) is 18.7 Å². The van der Waals surface area contributed by atoms with Crippen molar-refractivity contribution in [2.45, 2.75) is 32.1 Å². The van der Waals surface area contributed by atoms with Crippen molar-refractivity contribution in [2.75, 3.05) is 18.0 Å². The smallest absolute Gasteiger partial charge is 0.227 e. The van der Waals surface area contributed by atoms with Crippen LogP contribution in [0.4, 0.5) is 5.95 Å². The molecule has 1 aliphatic heterocycles. The number of hydrogen-bond donors (Lipinski definition) is 0. The van der Waals surface area contributed by atoms with E-state index in [1.807, 2.05) is 0 Å². The molecule has 0 spiro atoms. The van der Waals surface area contributed by atoms with Crippen molar-refractivity contribution < 1.29 is 0 Å². The van der Waals surface area contributed by atoms with Gasteiger partial charge < -0.3 is 4.90 Å². The van der Waals surface area contributed by atoms with Crippen LogP contribution in [0, 0.1) is 0 Å². The highest BCUT2D eigenvalue weighted by Gasteiger charge is 2.21. The summed E-state index contributed by atoms with van der Waals surface area (Å²) in [5.41, 5.74) is 2.36. The maximum atomic E-state index is 6.18. The molecule has 80 valence electrons. The lowest BCUT2D eigenvalue weighted by Crippen LogP contribution is -2.21. The quantitative estimate of drug-likeness (QED) is 0.684. The van der Waals surface area contributed by atoms with Gasteiger partial charge >= 0.3 is 0 Å². The molecule has 1 fully saturated rings. The third-order valence-corrected chi connectivity index (χ3v) is 3.57. The minimum absolute atomic E-state index is 0.680. The minimum atomic E-state index is 0.680. The molecule has 2 heterocycles. The zero-order valence-electron chi connectivity index (χ0n) is 8.67. The SMILES string of the molecule is Clc1nc(N2CCCC2)nc2c1CCC2. The molecule has 0 bridgehead atoms. The topological polar surface area (TPSA) is 29.0 Å². The molecule has 1 aromatic heterocycles. The second kappa shape index (κ2) is 3.63. The molecule has 3 nitrogen and oxygen atoms in total. The van der Waals surface area contributed by atoms with Crippen LogP contribution in [0.3, 0.4) is 0 Å². The molecule has 0 unspecified atom stereocenters. The first kappa shape index (κ1) is 9.40. The summed E-state index contributed by atoms with van der Waals surface area (Å²) in [6.45, 7) is 2.16. The monoisotopic (exact) mass is 223 g/mol. The summed E-state index contributed by atoms with van der Waals surface area (Å²) in [6, 6.07) is 0. The van der Waals surface area contributed by atoms with Gasteiger partial charge in [0.25, 0.3) is 0 Å². The first-order valence-corrected chi connectivity index (χ1v) is 6.02. The van der Waals surface area contributed by atoms with Gasteiger partial charge in [-0.3, -0.25) is 0 Å². The lowest BCUT2D eigenvalue weighted by molar-refractivity contribution is 0.871. The summed E-state index contributed by atoms with van der Waals surface area (Å²) in [5, 5.41) is 0.680. The van der Waals surface area contributed by atoms with Gasteiger partial charge in [-0.15, -0.1) is 0 Å². The molecule has 1 aromatic rings. The number of halogens is 1. The molecule has 3 rings (SSSR count). The summed E-state index contributed by atoms with van der Waals surface area (Å²) in [5.74, 6) is 0.846. The van der Waals surface area contributed by atoms with Crippen molar-refractivity contribution in [1.82, 2.24) is 9.97 Å². The summed E-state index contributed by atoms with van der Waals surface area (Å²) in [7, 11) is 0. The van der Waals surface area contributed by atoms with E-state index in [1.165, 1.54) is 30.5 Å². The van der Waals surface area contributed by atoms with Gasteiger partial charge in [0.2, 0.25) is 5.95 Å². The van der Waals surface area contributed by atoms with Gasteiger partial charge in [0.1, 0.15) is 5.15 Å². The van der Waals surface area contributed by atoms with Gasteiger partial charge in [0.05, 0.1) is 5.69 Å².